The molecule has 1 aromatic heterocycles. The number of carbonyl (C=O) groups excluding carboxylic acids is 1. The van der Waals surface area contributed by atoms with Gasteiger partial charge in [-0.1, -0.05) is 0 Å². The second kappa shape index (κ2) is 4.13. The molecule has 3 nitrogen and oxygen atoms in total. The van der Waals surface area contributed by atoms with Crippen molar-refractivity contribution in [3.63, 3.8) is 0 Å². The Bertz CT molecular complexity index is 318. The molecular formula is C11H15NO2. The van der Waals surface area contributed by atoms with E-state index < -0.39 is 5.60 Å². The van der Waals surface area contributed by atoms with Gasteiger partial charge in [0.15, 0.2) is 0 Å². The molecule has 0 saturated heterocycles. The van der Waals surface area contributed by atoms with Crippen molar-refractivity contribution in [2.45, 2.75) is 26.4 Å². The molecule has 0 spiro atoms. The van der Waals surface area contributed by atoms with Gasteiger partial charge in [0.25, 0.3) is 0 Å². The van der Waals surface area contributed by atoms with Gasteiger partial charge in [0.2, 0.25) is 0 Å². The van der Waals surface area contributed by atoms with E-state index in [1.165, 1.54) is 6.08 Å². The van der Waals surface area contributed by atoms with E-state index in [1.807, 2.05) is 45.3 Å². The van der Waals surface area contributed by atoms with Crippen LogP contribution in [-0.4, -0.2) is 16.1 Å². The Kier molecular flexibility index (Phi) is 3.12. The van der Waals surface area contributed by atoms with Crippen molar-refractivity contribution in [1.29, 1.82) is 0 Å². The Morgan fingerprint density at radius 3 is 2.36 bits per heavy atom. The predicted molar refractivity (Wildman–Crippen MR) is 55.6 cm³/mol. The molecule has 0 aliphatic carbocycles. The van der Waals surface area contributed by atoms with E-state index in [0.29, 0.717) is 0 Å². The smallest absolute Gasteiger partial charge is 0.332 e. The molecule has 76 valence electrons. The van der Waals surface area contributed by atoms with Crippen molar-refractivity contribution in [2.75, 3.05) is 0 Å². The molecule has 0 radical (unpaired) electrons. The lowest BCUT2D eigenvalue weighted by atomic mass is 10.2. The zero-order chi connectivity index (χ0) is 10.6. The molecular weight excluding hydrogens is 178 g/mol. The second-order valence-electron chi connectivity index (χ2n) is 3.98. The number of hydrogen-bond donors (Lipinski definition) is 0. The monoisotopic (exact) mass is 193 g/mol. The number of carbonyl (C=O) groups is 1. The minimum Gasteiger partial charge on any atom is -0.457 e. The van der Waals surface area contributed by atoms with E-state index in [4.69, 9.17) is 4.74 Å². The summed E-state index contributed by atoms with van der Waals surface area (Å²) in [7, 11) is 0. The van der Waals surface area contributed by atoms with E-state index >= 15 is 0 Å². The van der Waals surface area contributed by atoms with Gasteiger partial charge in [0, 0.05) is 24.7 Å². The van der Waals surface area contributed by atoms with Gasteiger partial charge in [-0.15, -0.1) is 0 Å². The second-order valence-corrected chi connectivity index (χ2v) is 3.98. The van der Waals surface area contributed by atoms with Gasteiger partial charge in [-0.2, -0.15) is 0 Å². The quantitative estimate of drug-likeness (QED) is 0.533. The highest BCUT2D eigenvalue weighted by molar-refractivity contribution is 5.85. The molecule has 0 aromatic carbocycles. The van der Waals surface area contributed by atoms with E-state index in [0.717, 1.165) is 0 Å². The largest absolute Gasteiger partial charge is 0.457 e. The molecule has 0 aliphatic heterocycles. The lowest BCUT2D eigenvalue weighted by Crippen LogP contribution is -2.22. The van der Waals surface area contributed by atoms with E-state index in [9.17, 15) is 4.79 Å². The molecule has 3 heteroatoms. The van der Waals surface area contributed by atoms with Crippen LogP contribution in [0.4, 0.5) is 0 Å². The van der Waals surface area contributed by atoms with Gasteiger partial charge in [0.1, 0.15) is 5.60 Å². The first-order valence-corrected chi connectivity index (χ1v) is 4.51. The van der Waals surface area contributed by atoms with E-state index in [2.05, 4.69) is 0 Å². The summed E-state index contributed by atoms with van der Waals surface area (Å²) < 4.78 is 6.88. The molecule has 1 heterocycles. The minimum absolute atomic E-state index is 0.328. The average molecular weight is 193 g/mol. The third-order valence-corrected chi connectivity index (χ3v) is 1.42. The lowest BCUT2D eigenvalue weighted by molar-refractivity contribution is -0.148. The van der Waals surface area contributed by atoms with Gasteiger partial charge in [-0.3, -0.25) is 0 Å². The van der Waals surface area contributed by atoms with E-state index in [1.54, 1.807) is 10.8 Å². The minimum atomic E-state index is -0.432. The molecule has 1 aromatic rings. The highest BCUT2D eigenvalue weighted by atomic mass is 16.6. The van der Waals surface area contributed by atoms with Crippen LogP contribution in [0.1, 0.15) is 20.8 Å². The molecule has 0 saturated carbocycles. The first-order chi connectivity index (χ1) is 6.47. The SMILES string of the molecule is CC(C)(C)OC(=O)C=Cn1cccc1. The topological polar surface area (TPSA) is 31.2 Å². The molecule has 14 heavy (non-hydrogen) atoms. The maximum Gasteiger partial charge on any atom is 0.332 e. The van der Waals surface area contributed by atoms with Crippen molar-refractivity contribution in [2.24, 2.45) is 0 Å². The summed E-state index contributed by atoms with van der Waals surface area (Å²) in [6.07, 6.45) is 6.76. The Morgan fingerprint density at radius 1 is 1.29 bits per heavy atom. The summed E-state index contributed by atoms with van der Waals surface area (Å²) >= 11 is 0. The van der Waals surface area contributed by atoms with Gasteiger partial charge in [0.05, 0.1) is 0 Å². The van der Waals surface area contributed by atoms with Crippen LogP contribution in [-0.2, 0) is 9.53 Å². The van der Waals surface area contributed by atoms with Gasteiger partial charge >= 0.3 is 5.97 Å². The highest BCUT2D eigenvalue weighted by Crippen LogP contribution is 2.07. The van der Waals surface area contributed by atoms with Crippen molar-refractivity contribution in [1.82, 2.24) is 4.57 Å². The van der Waals surface area contributed by atoms with Gasteiger partial charge in [-0.25, -0.2) is 4.79 Å². The van der Waals surface area contributed by atoms with Crippen LogP contribution in [0.15, 0.2) is 30.6 Å². The predicted octanol–water partition coefficient (Wildman–Crippen LogP) is 2.30. The molecule has 0 unspecified atom stereocenters. The Balaban J connectivity index is 2.49. The maximum atomic E-state index is 11.2. The van der Waals surface area contributed by atoms with Gasteiger partial charge < -0.3 is 9.30 Å². The summed E-state index contributed by atoms with van der Waals surface area (Å²) in [4.78, 5) is 11.2. The molecule has 0 atom stereocenters. The molecule has 1 rings (SSSR count). The van der Waals surface area contributed by atoms with Crippen molar-refractivity contribution in [3.05, 3.63) is 30.6 Å². The number of nitrogens with zero attached hydrogens (tertiary/aromatic N) is 1. The van der Waals surface area contributed by atoms with E-state index in [-0.39, 0.29) is 5.97 Å². The van der Waals surface area contributed by atoms with Crippen LogP contribution in [0.3, 0.4) is 0 Å². The Hall–Kier alpha value is -1.51. The summed E-state index contributed by atoms with van der Waals surface area (Å²) in [5.41, 5.74) is -0.432. The Morgan fingerprint density at radius 2 is 1.86 bits per heavy atom. The summed E-state index contributed by atoms with van der Waals surface area (Å²) in [5.74, 6) is -0.328. The Labute approximate surface area is 84.0 Å². The third kappa shape index (κ3) is 3.94. The summed E-state index contributed by atoms with van der Waals surface area (Å²) in [5, 5.41) is 0. The molecule has 0 amide bonds. The van der Waals surface area contributed by atoms with Crippen LogP contribution < -0.4 is 0 Å². The van der Waals surface area contributed by atoms with Crippen LogP contribution >= 0.6 is 0 Å². The fourth-order valence-electron chi connectivity index (χ4n) is 0.930. The highest BCUT2D eigenvalue weighted by Gasteiger charge is 2.13. The molecule has 0 bridgehead atoms. The summed E-state index contributed by atoms with van der Waals surface area (Å²) in [6.45, 7) is 5.52. The number of ether oxygens (including phenoxy) is 1. The first-order valence-electron chi connectivity index (χ1n) is 4.51. The van der Waals surface area contributed by atoms with Crippen molar-refractivity contribution < 1.29 is 9.53 Å². The molecule has 0 aliphatic rings. The number of esters is 1. The standard InChI is InChI=1S/C11H15NO2/c1-11(2,3)14-10(13)6-9-12-7-4-5-8-12/h4-9H,1-3H3. The fraction of sp³-hybridized carbons (Fsp3) is 0.364. The first kappa shape index (κ1) is 10.6. The van der Waals surface area contributed by atoms with Gasteiger partial charge in [-0.05, 0) is 32.9 Å². The number of rotatable bonds is 2. The van der Waals surface area contributed by atoms with Crippen LogP contribution in [0.25, 0.3) is 6.20 Å². The number of aromatic nitrogens is 1. The zero-order valence-electron chi connectivity index (χ0n) is 8.73. The normalized spacial score (nSPS) is 11.9. The van der Waals surface area contributed by atoms with Crippen LogP contribution in [0, 0.1) is 0 Å². The van der Waals surface area contributed by atoms with Crippen LogP contribution in [0.2, 0.25) is 0 Å². The lowest BCUT2D eigenvalue weighted by Gasteiger charge is -2.17. The molecule has 0 fully saturated rings. The number of hydrogen-bond acceptors (Lipinski definition) is 2. The fourth-order valence-corrected chi connectivity index (χ4v) is 0.930. The maximum absolute atomic E-state index is 11.2. The van der Waals surface area contributed by atoms with Crippen LogP contribution in [0.5, 0.6) is 0 Å². The zero-order valence-corrected chi connectivity index (χ0v) is 8.73. The molecule has 0 N–H and O–H groups in total. The summed E-state index contributed by atoms with van der Waals surface area (Å²) in [6, 6.07) is 3.78. The third-order valence-electron chi connectivity index (χ3n) is 1.42. The van der Waals surface area contributed by atoms with Crippen molar-refractivity contribution >= 4 is 12.2 Å². The average Bonchev–Trinajstić information content (AvgIpc) is 2.49. The van der Waals surface area contributed by atoms with Crippen molar-refractivity contribution in [3.8, 4) is 0 Å².